The first-order chi connectivity index (χ1) is 8.67. The summed E-state index contributed by atoms with van der Waals surface area (Å²) in [5, 5.41) is 2.99. The SMILES string of the molecule is C=CCCCC(C)NC(=O)c1ccc(CN)cc1.Cl. The summed E-state index contributed by atoms with van der Waals surface area (Å²) in [5.41, 5.74) is 7.23. The second kappa shape index (κ2) is 9.59. The van der Waals surface area contributed by atoms with Crippen molar-refractivity contribution in [3.63, 3.8) is 0 Å². The van der Waals surface area contributed by atoms with Gasteiger partial charge in [-0.25, -0.2) is 0 Å². The highest BCUT2D eigenvalue weighted by Crippen LogP contribution is 2.06. The number of amides is 1. The van der Waals surface area contributed by atoms with Crippen molar-refractivity contribution in [1.82, 2.24) is 5.32 Å². The van der Waals surface area contributed by atoms with E-state index in [4.69, 9.17) is 5.73 Å². The molecule has 0 aliphatic rings. The summed E-state index contributed by atoms with van der Waals surface area (Å²) in [6.07, 6.45) is 4.92. The zero-order valence-corrected chi connectivity index (χ0v) is 12.2. The number of halogens is 1. The summed E-state index contributed by atoms with van der Waals surface area (Å²) in [7, 11) is 0. The zero-order chi connectivity index (χ0) is 13.4. The second-order valence-corrected chi connectivity index (χ2v) is 4.50. The molecule has 1 unspecified atom stereocenters. The Kier molecular flexibility index (Phi) is 8.92. The predicted octanol–water partition coefficient (Wildman–Crippen LogP) is 3.04. The number of rotatable bonds is 7. The minimum Gasteiger partial charge on any atom is -0.350 e. The number of hydrogen-bond acceptors (Lipinski definition) is 2. The fourth-order valence-electron chi connectivity index (χ4n) is 1.74. The Morgan fingerprint density at radius 1 is 1.42 bits per heavy atom. The van der Waals surface area contributed by atoms with E-state index in [9.17, 15) is 4.79 Å². The molecule has 1 atom stereocenters. The first-order valence-corrected chi connectivity index (χ1v) is 6.38. The maximum absolute atomic E-state index is 11.9. The number of allylic oxidation sites excluding steroid dienone is 1. The van der Waals surface area contributed by atoms with Crippen LogP contribution in [-0.4, -0.2) is 11.9 Å². The van der Waals surface area contributed by atoms with Crippen molar-refractivity contribution in [3.05, 3.63) is 48.0 Å². The first-order valence-electron chi connectivity index (χ1n) is 6.38. The van der Waals surface area contributed by atoms with E-state index >= 15 is 0 Å². The van der Waals surface area contributed by atoms with E-state index in [1.54, 1.807) is 0 Å². The maximum Gasteiger partial charge on any atom is 0.251 e. The molecule has 1 amide bonds. The highest BCUT2D eigenvalue weighted by Gasteiger charge is 2.08. The summed E-state index contributed by atoms with van der Waals surface area (Å²) in [6, 6.07) is 7.59. The summed E-state index contributed by atoms with van der Waals surface area (Å²) in [6.45, 7) is 6.21. The van der Waals surface area contributed by atoms with Gasteiger partial charge in [0.2, 0.25) is 0 Å². The topological polar surface area (TPSA) is 55.1 Å². The summed E-state index contributed by atoms with van der Waals surface area (Å²) in [5.74, 6) is -0.0234. The van der Waals surface area contributed by atoms with Crippen LogP contribution in [0.25, 0.3) is 0 Å². The molecule has 19 heavy (non-hydrogen) atoms. The Balaban J connectivity index is 0.00000324. The second-order valence-electron chi connectivity index (χ2n) is 4.50. The van der Waals surface area contributed by atoms with Crippen molar-refractivity contribution in [2.45, 2.75) is 38.8 Å². The molecule has 3 nitrogen and oxygen atoms in total. The molecule has 0 aromatic heterocycles. The van der Waals surface area contributed by atoms with Gasteiger partial charge in [0.1, 0.15) is 0 Å². The van der Waals surface area contributed by atoms with Crippen LogP contribution in [0.3, 0.4) is 0 Å². The summed E-state index contributed by atoms with van der Waals surface area (Å²) in [4.78, 5) is 11.9. The molecule has 1 aromatic rings. The number of carbonyl (C=O) groups excluding carboxylic acids is 1. The van der Waals surface area contributed by atoms with Crippen molar-refractivity contribution in [2.24, 2.45) is 5.73 Å². The van der Waals surface area contributed by atoms with Crippen LogP contribution in [0.4, 0.5) is 0 Å². The monoisotopic (exact) mass is 282 g/mol. The molecule has 0 heterocycles. The molecule has 0 saturated heterocycles. The van der Waals surface area contributed by atoms with Crippen LogP contribution in [0.1, 0.15) is 42.1 Å². The summed E-state index contributed by atoms with van der Waals surface area (Å²) < 4.78 is 0. The van der Waals surface area contributed by atoms with Gasteiger partial charge < -0.3 is 11.1 Å². The fourth-order valence-corrected chi connectivity index (χ4v) is 1.74. The maximum atomic E-state index is 11.9. The molecule has 0 aliphatic heterocycles. The molecular formula is C15H23ClN2O. The normalized spacial score (nSPS) is 11.3. The highest BCUT2D eigenvalue weighted by molar-refractivity contribution is 5.94. The molecule has 4 heteroatoms. The van der Waals surface area contributed by atoms with Gasteiger partial charge in [-0.15, -0.1) is 19.0 Å². The lowest BCUT2D eigenvalue weighted by Gasteiger charge is -2.13. The molecule has 106 valence electrons. The molecule has 0 fully saturated rings. The molecule has 1 aromatic carbocycles. The molecule has 3 N–H and O–H groups in total. The number of unbranched alkanes of at least 4 members (excludes halogenated alkanes) is 1. The average molecular weight is 283 g/mol. The van der Waals surface area contributed by atoms with Gasteiger partial charge in [0.15, 0.2) is 0 Å². The zero-order valence-electron chi connectivity index (χ0n) is 11.4. The van der Waals surface area contributed by atoms with Crippen LogP contribution in [0.2, 0.25) is 0 Å². The lowest BCUT2D eigenvalue weighted by Crippen LogP contribution is -2.32. The van der Waals surface area contributed by atoms with Crippen LogP contribution in [0.5, 0.6) is 0 Å². The number of carbonyl (C=O) groups is 1. The van der Waals surface area contributed by atoms with Crippen molar-refractivity contribution in [2.75, 3.05) is 0 Å². The lowest BCUT2D eigenvalue weighted by atomic mass is 10.1. The van der Waals surface area contributed by atoms with E-state index < -0.39 is 0 Å². The molecular weight excluding hydrogens is 260 g/mol. The van der Waals surface area contributed by atoms with Gasteiger partial charge >= 0.3 is 0 Å². The van der Waals surface area contributed by atoms with E-state index in [2.05, 4.69) is 11.9 Å². The van der Waals surface area contributed by atoms with Gasteiger partial charge in [-0.05, 0) is 43.9 Å². The van der Waals surface area contributed by atoms with E-state index in [1.165, 1.54) is 0 Å². The third-order valence-corrected chi connectivity index (χ3v) is 2.87. The largest absolute Gasteiger partial charge is 0.350 e. The molecule has 0 bridgehead atoms. The molecule has 0 radical (unpaired) electrons. The lowest BCUT2D eigenvalue weighted by molar-refractivity contribution is 0.0938. The fraction of sp³-hybridized carbons (Fsp3) is 0.400. The Morgan fingerprint density at radius 3 is 2.58 bits per heavy atom. The van der Waals surface area contributed by atoms with Crippen LogP contribution < -0.4 is 11.1 Å². The van der Waals surface area contributed by atoms with Crippen molar-refractivity contribution in [3.8, 4) is 0 Å². The van der Waals surface area contributed by atoms with Gasteiger partial charge in [0.25, 0.3) is 5.91 Å². The smallest absolute Gasteiger partial charge is 0.251 e. The Morgan fingerprint density at radius 2 is 2.05 bits per heavy atom. The molecule has 0 spiro atoms. The van der Waals surface area contributed by atoms with Crippen LogP contribution in [-0.2, 0) is 6.54 Å². The number of nitrogens with two attached hydrogens (primary N) is 1. The molecule has 0 aliphatic carbocycles. The van der Waals surface area contributed by atoms with Crippen LogP contribution >= 0.6 is 12.4 Å². The Bertz CT molecular complexity index is 390. The molecule has 0 saturated carbocycles. The summed E-state index contributed by atoms with van der Waals surface area (Å²) >= 11 is 0. The van der Waals surface area contributed by atoms with Gasteiger partial charge in [0.05, 0.1) is 0 Å². The minimum atomic E-state index is -0.0234. The molecule has 1 rings (SSSR count). The van der Waals surface area contributed by atoms with Crippen LogP contribution in [0.15, 0.2) is 36.9 Å². The number of hydrogen-bond donors (Lipinski definition) is 2. The highest BCUT2D eigenvalue weighted by atomic mass is 35.5. The van der Waals surface area contributed by atoms with Gasteiger partial charge in [-0.3, -0.25) is 4.79 Å². The minimum absolute atomic E-state index is 0. The van der Waals surface area contributed by atoms with Crippen LogP contribution in [0, 0.1) is 0 Å². The van der Waals surface area contributed by atoms with Crippen molar-refractivity contribution < 1.29 is 4.79 Å². The third kappa shape index (κ3) is 6.41. The average Bonchev–Trinajstić information content (AvgIpc) is 2.39. The first kappa shape index (κ1) is 17.7. The van der Waals surface area contributed by atoms with Gasteiger partial charge in [0, 0.05) is 18.2 Å². The van der Waals surface area contributed by atoms with Crippen molar-refractivity contribution >= 4 is 18.3 Å². The predicted molar refractivity (Wildman–Crippen MR) is 82.6 cm³/mol. The van der Waals surface area contributed by atoms with E-state index in [0.717, 1.165) is 24.8 Å². The number of nitrogens with one attached hydrogen (secondary N) is 1. The Labute approximate surface area is 121 Å². The van der Waals surface area contributed by atoms with E-state index in [1.807, 2.05) is 37.3 Å². The van der Waals surface area contributed by atoms with Crippen molar-refractivity contribution in [1.29, 1.82) is 0 Å². The van der Waals surface area contributed by atoms with E-state index in [0.29, 0.717) is 12.1 Å². The van der Waals surface area contributed by atoms with E-state index in [-0.39, 0.29) is 24.4 Å². The van der Waals surface area contributed by atoms with Gasteiger partial charge in [-0.2, -0.15) is 0 Å². The quantitative estimate of drug-likeness (QED) is 0.597. The van der Waals surface area contributed by atoms with Gasteiger partial charge in [-0.1, -0.05) is 18.2 Å². The number of benzene rings is 1. The Hall–Kier alpha value is -1.32. The standard InChI is InChI=1S/C15H22N2O.ClH/c1-3-4-5-6-12(2)17-15(18)14-9-7-13(11-16)8-10-14;/h3,7-10,12H,1,4-6,11,16H2,2H3,(H,17,18);1H. The third-order valence-electron chi connectivity index (χ3n) is 2.87.